The van der Waals surface area contributed by atoms with E-state index in [9.17, 15) is 13.2 Å². The molecule has 0 aliphatic carbocycles. The summed E-state index contributed by atoms with van der Waals surface area (Å²) >= 11 is 12.0. The maximum absolute atomic E-state index is 13.7. The van der Waals surface area contributed by atoms with Crippen molar-refractivity contribution >= 4 is 61.5 Å². The number of fused-ring (bicyclic) bond motifs is 1. The molecular formula is C23H21Cl2N5O4S. The van der Waals surface area contributed by atoms with Crippen molar-refractivity contribution in [1.29, 1.82) is 0 Å². The molecule has 9 nitrogen and oxygen atoms in total. The van der Waals surface area contributed by atoms with E-state index in [-0.39, 0.29) is 44.3 Å². The third-order valence-corrected chi connectivity index (χ3v) is 7.42. The monoisotopic (exact) mass is 533 g/mol. The van der Waals surface area contributed by atoms with Gasteiger partial charge in [-0.05, 0) is 50.2 Å². The molecule has 0 amide bonds. The summed E-state index contributed by atoms with van der Waals surface area (Å²) in [5.74, 6) is -0.0207. The van der Waals surface area contributed by atoms with Gasteiger partial charge in [0.25, 0.3) is 10.0 Å². The van der Waals surface area contributed by atoms with E-state index in [0.29, 0.717) is 16.1 Å². The summed E-state index contributed by atoms with van der Waals surface area (Å²) in [6, 6.07) is 8.41. The standard InChI is InChI=1S/C23H21Cl2N5O4S/c1-12(2)30-10-16(20-22(26)27-11-28-23(20)30)21(31)15-9-14(5-6-18(15)34-3)29-35(32,33)19-7-4-13(24)8-17(19)25/h4-12,29H,1-3H3,(H2,26,27,28). The zero-order chi connectivity index (χ0) is 25.5. The number of methoxy groups -OCH3 is 1. The maximum atomic E-state index is 13.7. The lowest BCUT2D eigenvalue weighted by Gasteiger charge is -2.13. The van der Waals surface area contributed by atoms with Crippen molar-refractivity contribution in [1.82, 2.24) is 14.5 Å². The lowest BCUT2D eigenvalue weighted by molar-refractivity contribution is 0.103. The van der Waals surface area contributed by atoms with Gasteiger partial charge < -0.3 is 15.0 Å². The van der Waals surface area contributed by atoms with Gasteiger partial charge in [0.2, 0.25) is 0 Å². The predicted octanol–water partition coefficient (Wildman–Crippen LogP) is 4.94. The molecule has 0 saturated heterocycles. The van der Waals surface area contributed by atoms with E-state index in [4.69, 9.17) is 33.7 Å². The Bertz CT molecular complexity index is 1570. The van der Waals surface area contributed by atoms with Gasteiger partial charge in [-0.15, -0.1) is 0 Å². The summed E-state index contributed by atoms with van der Waals surface area (Å²) in [6.07, 6.45) is 3.00. The molecule has 0 spiro atoms. The van der Waals surface area contributed by atoms with Crippen molar-refractivity contribution in [2.45, 2.75) is 24.8 Å². The number of halogens is 2. The number of rotatable bonds is 7. The van der Waals surface area contributed by atoms with Crippen LogP contribution < -0.4 is 15.2 Å². The third kappa shape index (κ3) is 4.64. The van der Waals surface area contributed by atoms with Crippen molar-refractivity contribution in [2.75, 3.05) is 17.6 Å². The van der Waals surface area contributed by atoms with Gasteiger partial charge in [-0.25, -0.2) is 18.4 Å². The van der Waals surface area contributed by atoms with Crippen molar-refractivity contribution in [3.05, 3.63) is 70.1 Å². The number of hydrogen-bond acceptors (Lipinski definition) is 7. The molecule has 0 aliphatic heterocycles. The number of hydrogen-bond donors (Lipinski definition) is 2. The van der Waals surface area contributed by atoms with E-state index in [1.54, 1.807) is 6.20 Å². The Labute approximate surface area is 211 Å². The normalized spacial score (nSPS) is 11.7. The zero-order valence-corrected chi connectivity index (χ0v) is 21.2. The van der Waals surface area contributed by atoms with Gasteiger partial charge >= 0.3 is 0 Å². The molecule has 35 heavy (non-hydrogen) atoms. The zero-order valence-electron chi connectivity index (χ0n) is 18.9. The first-order valence-corrected chi connectivity index (χ1v) is 12.6. The van der Waals surface area contributed by atoms with Crippen LogP contribution in [0.5, 0.6) is 5.75 Å². The highest BCUT2D eigenvalue weighted by Crippen LogP contribution is 2.33. The Morgan fingerprint density at radius 3 is 2.51 bits per heavy atom. The fourth-order valence-electron chi connectivity index (χ4n) is 3.67. The topological polar surface area (TPSA) is 129 Å². The minimum absolute atomic E-state index is 0.00230. The summed E-state index contributed by atoms with van der Waals surface area (Å²) in [5, 5.41) is 0.675. The summed E-state index contributed by atoms with van der Waals surface area (Å²) in [4.78, 5) is 21.9. The van der Waals surface area contributed by atoms with Gasteiger partial charge in [-0.2, -0.15) is 0 Å². The molecule has 12 heteroatoms. The molecule has 2 aromatic carbocycles. The number of nitrogens with two attached hydrogens (primary N) is 1. The number of carbonyl (C=O) groups is 1. The van der Waals surface area contributed by atoms with Crippen molar-refractivity contribution in [2.24, 2.45) is 0 Å². The van der Waals surface area contributed by atoms with Crippen LogP contribution in [0.15, 0.2) is 53.8 Å². The second kappa shape index (κ2) is 9.37. The molecular weight excluding hydrogens is 513 g/mol. The largest absolute Gasteiger partial charge is 0.496 e. The SMILES string of the molecule is COc1ccc(NS(=O)(=O)c2ccc(Cl)cc2Cl)cc1C(=O)c1cn(C(C)C)c2ncnc(N)c12. The fraction of sp³-hybridized carbons (Fsp3) is 0.174. The van der Waals surface area contributed by atoms with E-state index in [2.05, 4.69) is 14.7 Å². The first kappa shape index (κ1) is 24.8. The van der Waals surface area contributed by atoms with Gasteiger partial charge in [0.1, 0.15) is 28.4 Å². The number of ether oxygens (including phenoxy) is 1. The van der Waals surface area contributed by atoms with Crippen LogP contribution in [0.25, 0.3) is 11.0 Å². The van der Waals surface area contributed by atoms with Gasteiger partial charge in [0.05, 0.1) is 28.6 Å². The highest BCUT2D eigenvalue weighted by atomic mass is 35.5. The number of nitrogens with zero attached hydrogens (tertiary/aromatic N) is 3. The number of anilines is 2. The van der Waals surface area contributed by atoms with Crippen LogP contribution >= 0.6 is 23.2 Å². The average molecular weight is 534 g/mol. The van der Waals surface area contributed by atoms with E-state index < -0.39 is 15.8 Å². The average Bonchev–Trinajstić information content (AvgIpc) is 3.19. The molecule has 0 bridgehead atoms. The molecule has 0 saturated carbocycles. The lowest BCUT2D eigenvalue weighted by Crippen LogP contribution is -2.14. The molecule has 182 valence electrons. The molecule has 4 rings (SSSR count). The van der Waals surface area contributed by atoms with Crippen LogP contribution in [0, 0.1) is 0 Å². The van der Waals surface area contributed by atoms with E-state index >= 15 is 0 Å². The van der Waals surface area contributed by atoms with Crippen LogP contribution in [0.3, 0.4) is 0 Å². The van der Waals surface area contributed by atoms with Crippen LogP contribution in [-0.4, -0.2) is 35.8 Å². The molecule has 0 aliphatic rings. The fourth-order valence-corrected chi connectivity index (χ4v) is 5.49. The Balaban J connectivity index is 1.80. The molecule has 0 unspecified atom stereocenters. The maximum Gasteiger partial charge on any atom is 0.263 e. The second-order valence-electron chi connectivity index (χ2n) is 7.93. The first-order valence-electron chi connectivity index (χ1n) is 10.3. The molecule has 2 aromatic heterocycles. The molecule has 2 heterocycles. The van der Waals surface area contributed by atoms with Crippen LogP contribution in [0.2, 0.25) is 10.0 Å². The predicted molar refractivity (Wildman–Crippen MR) is 136 cm³/mol. The summed E-state index contributed by atoms with van der Waals surface area (Å²) in [6.45, 7) is 3.90. The Kier molecular flexibility index (Phi) is 6.63. The molecule has 3 N–H and O–H groups in total. The van der Waals surface area contributed by atoms with Gasteiger partial charge in [0.15, 0.2) is 5.78 Å². The van der Waals surface area contributed by atoms with Gasteiger partial charge in [-0.1, -0.05) is 23.2 Å². The number of carbonyl (C=O) groups excluding carboxylic acids is 1. The number of ketones is 1. The smallest absolute Gasteiger partial charge is 0.263 e. The van der Waals surface area contributed by atoms with E-state index in [1.807, 2.05) is 18.4 Å². The number of benzene rings is 2. The second-order valence-corrected chi connectivity index (χ2v) is 10.4. The van der Waals surface area contributed by atoms with E-state index in [1.165, 1.54) is 49.8 Å². The minimum Gasteiger partial charge on any atom is -0.496 e. The van der Waals surface area contributed by atoms with Crippen LogP contribution in [0.4, 0.5) is 11.5 Å². The molecule has 0 atom stereocenters. The first-order chi connectivity index (χ1) is 16.5. The highest BCUT2D eigenvalue weighted by molar-refractivity contribution is 7.92. The van der Waals surface area contributed by atoms with Gasteiger partial charge in [0, 0.05) is 22.9 Å². The van der Waals surface area contributed by atoms with Crippen molar-refractivity contribution in [3.63, 3.8) is 0 Å². The number of nitrogen functional groups attached to an aromatic ring is 1. The summed E-state index contributed by atoms with van der Waals surface area (Å²) < 4.78 is 35.5. The van der Waals surface area contributed by atoms with Crippen LogP contribution in [-0.2, 0) is 10.0 Å². The Morgan fingerprint density at radius 1 is 1.11 bits per heavy atom. The molecule has 0 radical (unpaired) electrons. The quantitative estimate of drug-likeness (QED) is 0.321. The highest BCUT2D eigenvalue weighted by Gasteiger charge is 2.25. The number of nitrogens with one attached hydrogen (secondary N) is 1. The Hall–Kier alpha value is -3.34. The molecule has 4 aromatic rings. The number of sulfonamides is 1. The van der Waals surface area contributed by atoms with Crippen LogP contribution in [0.1, 0.15) is 35.8 Å². The van der Waals surface area contributed by atoms with Gasteiger partial charge in [-0.3, -0.25) is 9.52 Å². The minimum atomic E-state index is -4.07. The van der Waals surface area contributed by atoms with E-state index in [0.717, 1.165) is 0 Å². The summed E-state index contributed by atoms with van der Waals surface area (Å²) in [5.41, 5.74) is 7.15. The number of aromatic nitrogens is 3. The molecule has 0 fully saturated rings. The van der Waals surface area contributed by atoms with Crippen molar-refractivity contribution in [3.8, 4) is 5.75 Å². The third-order valence-electron chi connectivity index (χ3n) is 5.32. The summed E-state index contributed by atoms with van der Waals surface area (Å²) in [7, 11) is -2.66. The lowest BCUT2D eigenvalue weighted by atomic mass is 10.0. The Morgan fingerprint density at radius 2 is 1.86 bits per heavy atom. The van der Waals surface area contributed by atoms with Crippen molar-refractivity contribution < 1.29 is 17.9 Å².